The molecule has 1 aliphatic rings. The second-order valence-corrected chi connectivity index (χ2v) is 8.37. The van der Waals surface area contributed by atoms with E-state index < -0.39 is 10.0 Å². The SMILES string of the molecule is O=C(Nc1ccc(S(=O)(=O)N2CCCc3ccccc32)cc1)c1ccccn1. The molecular weight excluding hydrogens is 374 g/mol. The molecule has 0 unspecified atom stereocenters. The molecule has 0 bridgehead atoms. The lowest BCUT2D eigenvalue weighted by molar-refractivity contribution is 0.102. The van der Waals surface area contributed by atoms with Gasteiger partial charge in [0.25, 0.3) is 15.9 Å². The van der Waals surface area contributed by atoms with Crippen molar-refractivity contribution in [3.63, 3.8) is 0 Å². The van der Waals surface area contributed by atoms with Crippen molar-refractivity contribution in [1.29, 1.82) is 0 Å². The van der Waals surface area contributed by atoms with Crippen LogP contribution < -0.4 is 9.62 Å². The molecule has 3 aromatic rings. The van der Waals surface area contributed by atoms with Crippen molar-refractivity contribution in [2.45, 2.75) is 17.7 Å². The smallest absolute Gasteiger partial charge is 0.274 e. The minimum absolute atomic E-state index is 0.194. The minimum Gasteiger partial charge on any atom is -0.321 e. The van der Waals surface area contributed by atoms with Gasteiger partial charge in [-0.25, -0.2) is 8.42 Å². The highest BCUT2D eigenvalue weighted by molar-refractivity contribution is 7.92. The number of benzene rings is 2. The summed E-state index contributed by atoms with van der Waals surface area (Å²) in [6.45, 7) is 0.456. The quantitative estimate of drug-likeness (QED) is 0.736. The van der Waals surface area contributed by atoms with E-state index in [1.165, 1.54) is 16.4 Å². The van der Waals surface area contributed by atoms with Crippen LogP contribution in [0, 0.1) is 0 Å². The van der Waals surface area contributed by atoms with Gasteiger partial charge in [-0.1, -0.05) is 24.3 Å². The predicted molar refractivity (Wildman–Crippen MR) is 108 cm³/mol. The van der Waals surface area contributed by atoms with Gasteiger partial charge >= 0.3 is 0 Å². The number of nitrogens with one attached hydrogen (secondary N) is 1. The fraction of sp³-hybridized carbons (Fsp3) is 0.143. The summed E-state index contributed by atoms with van der Waals surface area (Å²) >= 11 is 0. The van der Waals surface area contributed by atoms with E-state index >= 15 is 0 Å². The average molecular weight is 393 g/mol. The Kier molecular flexibility index (Phi) is 4.83. The van der Waals surface area contributed by atoms with Crippen molar-refractivity contribution >= 4 is 27.3 Å². The number of amides is 1. The first-order chi connectivity index (χ1) is 13.6. The summed E-state index contributed by atoms with van der Waals surface area (Å²) in [4.78, 5) is 16.4. The van der Waals surface area contributed by atoms with E-state index in [0.29, 0.717) is 17.9 Å². The minimum atomic E-state index is -3.66. The Morgan fingerprint density at radius 1 is 0.964 bits per heavy atom. The van der Waals surface area contributed by atoms with Crippen LogP contribution in [0.15, 0.2) is 77.8 Å². The summed E-state index contributed by atoms with van der Waals surface area (Å²) in [5.74, 6) is -0.346. The number of aryl methyl sites for hydroxylation is 1. The summed E-state index contributed by atoms with van der Waals surface area (Å²) in [5, 5.41) is 2.72. The van der Waals surface area contributed by atoms with Crippen molar-refractivity contribution in [2.24, 2.45) is 0 Å². The Bertz CT molecular complexity index is 1100. The van der Waals surface area contributed by atoms with Gasteiger partial charge in [-0.3, -0.25) is 14.1 Å². The number of fused-ring (bicyclic) bond motifs is 1. The largest absolute Gasteiger partial charge is 0.321 e. The standard InChI is InChI=1S/C21H19N3O3S/c25-21(19-8-3-4-14-22-19)23-17-10-12-18(13-11-17)28(26,27)24-15-5-7-16-6-1-2-9-20(16)24/h1-4,6,8-14H,5,7,15H2,(H,23,25). The van der Waals surface area contributed by atoms with E-state index in [-0.39, 0.29) is 10.8 Å². The van der Waals surface area contributed by atoms with E-state index in [1.807, 2.05) is 24.3 Å². The van der Waals surface area contributed by atoms with Crippen LogP contribution in [-0.4, -0.2) is 25.9 Å². The van der Waals surface area contributed by atoms with Gasteiger partial charge in [-0.15, -0.1) is 0 Å². The average Bonchev–Trinajstić information content (AvgIpc) is 2.74. The van der Waals surface area contributed by atoms with Gasteiger partial charge in [0.1, 0.15) is 5.69 Å². The van der Waals surface area contributed by atoms with Crippen LogP contribution in [-0.2, 0) is 16.4 Å². The Labute approximate surface area is 163 Å². The van der Waals surface area contributed by atoms with Crippen LogP contribution in [0.2, 0.25) is 0 Å². The third-order valence-electron chi connectivity index (χ3n) is 4.67. The molecule has 1 aliphatic heterocycles. The lowest BCUT2D eigenvalue weighted by Crippen LogP contribution is -2.35. The molecule has 0 saturated carbocycles. The third-order valence-corrected chi connectivity index (χ3v) is 6.49. The molecule has 28 heavy (non-hydrogen) atoms. The normalized spacial score (nSPS) is 13.6. The fourth-order valence-corrected chi connectivity index (χ4v) is 4.82. The number of carbonyl (C=O) groups excluding carboxylic acids is 1. The molecule has 0 spiro atoms. The van der Waals surface area contributed by atoms with Gasteiger partial charge in [0, 0.05) is 18.4 Å². The van der Waals surface area contributed by atoms with E-state index in [9.17, 15) is 13.2 Å². The number of rotatable bonds is 4. The molecule has 2 aromatic carbocycles. The van der Waals surface area contributed by atoms with Crippen LogP contribution in [0.1, 0.15) is 22.5 Å². The summed E-state index contributed by atoms with van der Waals surface area (Å²) in [6, 6.07) is 18.9. The third kappa shape index (κ3) is 3.48. The maximum absolute atomic E-state index is 13.1. The van der Waals surface area contributed by atoms with Crippen molar-refractivity contribution in [3.8, 4) is 0 Å². The molecule has 0 atom stereocenters. The molecule has 2 heterocycles. The molecular formula is C21H19N3O3S. The first kappa shape index (κ1) is 18.2. The van der Waals surface area contributed by atoms with Gasteiger partial charge in [-0.2, -0.15) is 0 Å². The van der Waals surface area contributed by atoms with E-state index in [4.69, 9.17) is 0 Å². The number of para-hydroxylation sites is 1. The summed E-state index contributed by atoms with van der Waals surface area (Å²) in [7, 11) is -3.66. The van der Waals surface area contributed by atoms with Crippen LogP contribution in [0.4, 0.5) is 11.4 Å². The van der Waals surface area contributed by atoms with Crippen molar-refractivity contribution in [1.82, 2.24) is 4.98 Å². The number of sulfonamides is 1. The zero-order valence-electron chi connectivity index (χ0n) is 15.1. The number of hydrogen-bond donors (Lipinski definition) is 1. The lowest BCUT2D eigenvalue weighted by atomic mass is 10.0. The molecule has 0 fully saturated rings. The molecule has 7 heteroatoms. The molecule has 0 aliphatic carbocycles. The van der Waals surface area contributed by atoms with Gasteiger partial charge < -0.3 is 5.32 Å². The fourth-order valence-electron chi connectivity index (χ4n) is 3.28. The number of aromatic nitrogens is 1. The highest BCUT2D eigenvalue weighted by Gasteiger charge is 2.28. The zero-order valence-corrected chi connectivity index (χ0v) is 15.9. The highest BCUT2D eigenvalue weighted by Crippen LogP contribution is 2.32. The van der Waals surface area contributed by atoms with Crippen molar-refractivity contribution in [2.75, 3.05) is 16.2 Å². The second kappa shape index (κ2) is 7.44. The Balaban J connectivity index is 1.56. The molecule has 0 radical (unpaired) electrons. The monoisotopic (exact) mass is 393 g/mol. The Morgan fingerprint density at radius 3 is 2.46 bits per heavy atom. The van der Waals surface area contributed by atoms with E-state index in [0.717, 1.165) is 24.1 Å². The number of hydrogen-bond acceptors (Lipinski definition) is 4. The van der Waals surface area contributed by atoms with Gasteiger partial charge in [0.15, 0.2) is 0 Å². The predicted octanol–water partition coefficient (Wildman–Crippen LogP) is 3.48. The van der Waals surface area contributed by atoms with Crippen LogP contribution in [0.3, 0.4) is 0 Å². The first-order valence-corrected chi connectivity index (χ1v) is 10.4. The summed E-state index contributed by atoms with van der Waals surface area (Å²) in [6.07, 6.45) is 3.20. The molecule has 1 N–H and O–H groups in total. The number of carbonyl (C=O) groups is 1. The maximum Gasteiger partial charge on any atom is 0.274 e. The topological polar surface area (TPSA) is 79.4 Å². The van der Waals surface area contributed by atoms with Crippen LogP contribution in [0.25, 0.3) is 0 Å². The van der Waals surface area contributed by atoms with E-state index in [1.54, 1.807) is 36.5 Å². The zero-order chi connectivity index (χ0) is 19.6. The molecule has 1 amide bonds. The van der Waals surface area contributed by atoms with Gasteiger partial charge in [0.2, 0.25) is 0 Å². The van der Waals surface area contributed by atoms with E-state index in [2.05, 4.69) is 10.3 Å². The summed E-state index contributed by atoms with van der Waals surface area (Å²) in [5.41, 5.74) is 2.58. The van der Waals surface area contributed by atoms with Crippen LogP contribution in [0.5, 0.6) is 0 Å². The lowest BCUT2D eigenvalue weighted by Gasteiger charge is -2.30. The van der Waals surface area contributed by atoms with Crippen molar-refractivity contribution < 1.29 is 13.2 Å². The number of nitrogens with zero attached hydrogens (tertiary/aromatic N) is 2. The molecule has 142 valence electrons. The molecule has 0 saturated heterocycles. The number of pyridine rings is 1. The van der Waals surface area contributed by atoms with Gasteiger partial charge in [0.05, 0.1) is 10.6 Å². The molecule has 4 rings (SSSR count). The van der Waals surface area contributed by atoms with Gasteiger partial charge in [-0.05, 0) is 60.9 Å². The first-order valence-electron chi connectivity index (χ1n) is 8.99. The highest BCUT2D eigenvalue weighted by atomic mass is 32.2. The molecule has 6 nitrogen and oxygen atoms in total. The van der Waals surface area contributed by atoms with Crippen LogP contribution >= 0.6 is 0 Å². The summed E-state index contributed by atoms with van der Waals surface area (Å²) < 4.78 is 27.7. The second-order valence-electron chi connectivity index (χ2n) is 6.50. The molecule has 1 aromatic heterocycles. The number of anilines is 2. The maximum atomic E-state index is 13.1. The van der Waals surface area contributed by atoms with Crippen molar-refractivity contribution in [3.05, 3.63) is 84.2 Å². The Hall–Kier alpha value is -3.19. The Morgan fingerprint density at radius 2 is 1.71 bits per heavy atom.